The van der Waals surface area contributed by atoms with Crippen LogP contribution >= 0.6 is 0 Å². The first-order chi connectivity index (χ1) is 11.7. The first-order valence-electron chi connectivity index (χ1n) is 9.36. The van der Waals surface area contributed by atoms with Gasteiger partial charge in [-0.05, 0) is 31.2 Å². The molecule has 4 heteroatoms. The van der Waals surface area contributed by atoms with E-state index in [4.69, 9.17) is 0 Å². The van der Waals surface area contributed by atoms with E-state index < -0.39 is 0 Å². The van der Waals surface area contributed by atoms with Gasteiger partial charge in [0, 0.05) is 19.0 Å². The van der Waals surface area contributed by atoms with Crippen LogP contribution in [0.1, 0.15) is 56.6 Å². The van der Waals surface area contributed by atoms with Gasteiger partial charge in [0.25, 0.3) is 0 Å². The number of nitrogens with zero attached hydrogens (tertiary/aromatic N) is 1. The van der Waals surface area contributed by atoms with Crippen molar-refractivity contribution in [2.24, 2.45) is 11.3 Å². The van der Waals surface area contributed by atoms with Crippen LogP contribution < -0.4 is 5.32 Å². The molecule has 1 spiro atoms. The van der Waals surface area contributed by atoms with E-state index >= 15 is 0 Å². The van der Waals surface area contributed by atoms with Crippen molar-refractivity contribution in [2.45, 2.75) is 51.0 Å². The molecule has 24 heavy (non-hydrogen) atoms. The monoisotopic (exact) mass is 326 g/mol. The van der Waals surface area contributed by atoms with Crippen LogP contribution in [0.2, 0.25) is 0 Å². The number of carbonyl (C=O) groups excluding carboxylic acids is 2. The fraction of sp³-hybridized carbons (Fsp3) is 0.600. The Hall–Kier alpha value is -1.84. The zero-order valence-corrected chi connectivity index (χ0v) is 14.2. The summed E-state index contributed by atoms with van der Waals surface area (Å²) in [4.78, 5) is 26.8. The molecule has 0 aromatic heterocycles. The highest BCUT2D eigenvalue weighted by atomic mass is 16.2. The fourth-order valence-corrected chi connectivity index (χ4v) is 4.58. The van der Waals surface area contributed by atoms with E-state index in [0.717, 1.165) is 38.5 Å². The number of β-lactam (4-membered cyclic amide) rings is 1. The summed E-state index contributed by atoms with van der Waals surface area (Å²) in [6, 6.07) is 10.6. The summed E-state index contributed by atoms with van der Waals surface area (Å²) >= 11 is 0. The molecule has 1 N–H and O–H groups in total. The van der Waals surface area contributed by atoms with Crippen molar-refractivity contribution in [1.29, 1.82) is 0 Å². The maximum atomic E-state index is 13.0. The molecule has 2 amide bonds. The van der Waals surface area contributed by atoms with E-state index in [2.05, 4.69) is 29.6 Å². The molecule has 3 aliphatic rings. The largest absolute Gasteiger partial charge is 0.354 e. The number of rotatable bonds is 5. The average Bonchev–Trinajstić information content (AvgIpc) is 3.47. The van der Waals surface area contributed by atoms with Crippen LogP contribution in [0.4, 0.5) is 0 Å². The van der Waals surface area contributed by atoms with E-state index in [1.165, 1.54) is 12.0 Å². The molecule has 3 fully saturated rings. The van der Waals surface area contributed by atoms with Crippen molar-refractivity contribution >= 4 is 11.8 Å². The maximum absolute atomic E-state index is 13.0. The summed E-state index contributed by atoms with van der Waals surface area (Å²) in [5, 5.41) is 2.99. The van der Waals surface area contributed by atoms with Crippen LogP contribution in [0.3, 0.4) is 0 Å². The number of likely N-dealkylation sites (tertiary alicyclic amines) is 1. The second-order valence-electron chi connectivity index (χ2n) is 7.59. The Morgan fingerprint density at radius 1 is 1.12 bits per heavy atom. The third-order valence-electron chi connectivity index (χ3n) is 5.98. The third kappa shape index (κ3) is 2.62. The lowest BCUT2D eigenvalue weighted by Gasteiger charge is -2.58. The minimum atomic E-state index is -0.180. The zero-order chi connectivity index (χ0) is 16.6. The van der Waals surface area contributed by atoms with Crippen LogP contribution in [0, 0.1) is 11.3 Å². The summed E-state index contributed by atoms with van der Waals surface area (Å²) in [5.74, 6) is 0.690. The number of benzene rings is 1. The predicted octanol–water partition coefficient (Wildman–Crippen LogP) is 3.05. The van der Waals surface area contributed by atoms with Gasteiger partial charge < -0.3 is 10.2 Å². The van der Waals surface area contributed by atoms with Crippen molar-refractivity contribution in [3.8, 4) is 0 Å². The topological polar surface area (TPSA) is 49.4 Å². The quantitative estimate of drug-likeness (QED) is 0.846. The standard InChI is InChI=1S/C20H26N2O2/c23-18(16-9-10-16)21-13-14-22-17(15-7-3-1-4-8-15)20(19(22)24)11-5-2-6-12-20/h1,3-4,7-8,16-17H,2,5-6,9-14H2,(H,21,23). The smallest absolute Gasteiger partial charge is 0.231 e. The van der Waals surface area contributed by atoms with E-state index in [0.29, 0.717) is 19.0 Å². The molecule has 128 valence electrons. The zero-order valence-electron chi connectivity index (χ0n) is 14.2. The van der Waals surface area contributed by atoms with Gasteiger partial charge in [-0.3, -0.25) is 9.59 Å². The lowest BCUT2D eigenvalue weighted by molar-refractivity contribution is -0.178. The van der Waals surface area contributed by atoms with Crippen molar-refractivity contribution in [3.05, 3.63) is 35.9 Å². The Kier molecular flexibility index (Phi) is 4.07. The number of nitrogens with one attached hydrogen (secondary N) is 1. The number of carbonyl (C=O) groups is 2. The third-order valence-corrected chi connectivity index (χ3v) is 5.98. The van der Waals surface area contributed by atoms with Gasteiger partial charge in [-0.2, -0.15) is 0 Å². The van der Waals surface area contributed by atoms with Gasteiger partial charge in [0.05, 0.1) is 11.5 Å². The van der Waals surface area contributed by atoms with Crippen molar-refractivity contribution in [2.75, 3.05) is 13.1 Å². The molecule has 1 aromatic rings. The van der Waals surface area contributed by atoms with Gasteiger partial charge in [-0.25, -0.2) is 0 Å². The van der Waals surface area contributed by atoms with E-state index in [-0.39, 0.29) is 23.3 Å². The number of hydrogen-bond donors (Lipinski definition) is 1. The lowest BCUT2D eigenvalue weighted by Crippen LogP contribution is -2.64. The normalized spacial score (nSPS) is 25.4. The van der Waals surface area contributed by atoms with Gasteiger partial charge in [-0.15, -0.1) is 0 Å². The molecule has 2 aliphatic carbocycles. The Morgan fingerprint density at radius 3 is 2.50 bits per heavy atom. The van der Waals surface area contributed by atoms with Crippen molar-refractivity contribution in [3.63, 3.8) is 0 Å². The summed E-state index contributed by atoms with van der Waals surface area (Å²) in [6.45, 7) is 1.19. The molecule has 1 unspecified atom stereocenters. The molecule has 1 aromatic carbocycles. The predicted molar refractivity (Wildman–Crippen MR) is 92.1 cm³/mol. The molecule has 1 heterocycles. The van der Waals surface area contributed by atoms with Crippen LogP contribution in [0.25, 0.3) is 0 Å². The van der Waals surface area contributed by atoms with Gasteiger partial charge in [0.15, 0.2) is 0 Å². The summed E-state index contributed by atoms with van der Waals surface area (Å²) in [5.41, 5.74) is 1.06. The number of hydrogen-bond acceptors (Lipinski definition) is 2. The van der Waals surface area contributed by atoms with Gasteiger partial charge in [0.1, 0.15) is 0 Å². The highest BCUT2D eigenvalue weighted by molar-refractivity contribution is 5.91. The van der Waals surface area contributed by atoms with E-state index in [1.54, 1.807) is 0 Å². The Morgan fingerprint density at radius 2 is 1.83 bits per heavy atom. The summed E-state index contributed by atoms with van der Waals surface area (Å²) in [6.07, 6.45) is 7.61. The molecule has 4 nitrogen and oxygen atoms in total. The second kappa shape index (κ2) is 6.23. The van der Waals surface area contributed by atoms with Gasteiger partial charge >= 0.3 is 0 Å². The molecule has 1 aliphatic heterocycles. The first-order valence-corrected chi connectivity index (χ1v) is 9.36. The van der Waals surface area contributed by atoms with Crippen LogP contribution in [-0.2, 0) is 9.59 Å². The molecule has 1 saturated heterocycles. The molecular weight excluding hydrogens is 300 g/mol. The first kappa shape index (κ1) is 15.7. The second-order valence-corrected chi connectivity index (χ2v) is 7.59. The fourth-order valence-electron chi connectivity index (χ4n) is 4.58. The van der Waals surface area contributed by atoms with Crippen molar-refractivity contribution < 1.29 is 9.59 Å². The summed E-state index contributed by atoms with van der Waals surface area (Å²) in [7, 11) is 0. The Balaban J connectivity index is 1.47. The minimum absolute atomic E-state index is 0.159. The van der Waals surface area contributed by atoms with E-state index in [1.807, 2.05) is 11.0 Å². The Bertz CT molecular complexity index is 618. The molecule has 4 rings (SSSR count). The number of amides is 2. The lowest BCUT2D eigenvalue weighted by atomic mass is 9.60. The molecule has 0 bridgehead atoms. The average molecular weight is 326 g/mol. The van der Waals surface area contributed by atoms with Gasteiger partial charge in [-0.1, -0.05) is 49.6 Å². The van der Waals surface area contributed by atoms with Crippen LogP contribution in [0.15, 0.2) is 30.3 Å². The minimum Gasteiger partial charge on any atom is -0.354 e. The SMILES string of the molecule is O=C(NCCN1C(=O)C2(CCCCC2)C1c1ccccc1)C1CC1. The highest BCUT2D eigenvalue weighted by Crippen LogP contribution is 2.57. The van der Waals surface area contributed by atoms with Crippen molar-refractivity contribution in [1.82, 2.24) is 10.2 Å². The van der Waals surface area contributed by atoms with Crippen LogP contribution in [-0.4, -0.2) is 29.8 Å². The van der Waals surface area contributed by atoms with Crippen LogP contribution in [0.5, 0.6) is 0 Å². The van der Waals surface area contributed by atoms with E-state index in [9.17, 15) is 9.59 Å². The summed E-state index contributed by atoms with van der Waals surface area (Å²) < 4.78 is 0. The Labute approximate surface area is 143 Å². The highest BCUT2D eigenvalue weighted by Gasteiger charge is 2.60. The molecule has 1 atom stereocenters. The molecular formula is C20H26N2O2. The van der Waals surface area contributed by atoms with Gasteiger partial charge in [0.2, 0.25) is 11.8 Å². The molecule has 0 radical (unpaired) electrons. The maximum Gasteiger partial charge on any atom is 0.231 e. The molecule has 2 saturated carbocycles.